The molecule has 0 radical (unpaired) electrons. The van der Waals surface area contributed by atoms with E-state index < -0.39 is 6.10 Å². The first-order chi connectivity index (χ1) is 12.6. The average molecular weight is 358 g/mol. The number of nitrogens with zero attached hydrogens (tertiary/aromatic N) is 3. The van der Waals surface area contributed by atoms with Crippen LogP contribution in [0.15, 0.2) is 24.3 Å². The third-order valence-corrected chi connectivity index (χ3v) is 5.05. The zero-order valence-corrected chi connectivity index (χ0v) is 15.1. The number of urea groups is 1. The Morgan fingerprint density at radius 2 is 1.96 bits per heavy atom. The molecule has 2 aliphatic heterocycles. The van der Waals surface area contributed by atoms with Gasteiger partial charge in [0.2, 0.25) is 0 Å². The Balaban J connectivity index is 1.44. The molecule has 0 aromatic heterocycles. The number of carbonyl (C=O) groups is 1. The van der Waals surface area contributed by atoms with Crippen LogP contribution in [0.4, 0.5) is 4.79 Å². The van der Waals surface area contributed by atoms with E-state index in [1.165, 1.54) is 0 Å². The maximum Gasteiger partial charge on any atom is 0.317 e. The van der Waals surface area contributed by atoms with Gasteiger partial charge in [0.15, 0.2) is 0 Å². The maximum absolute atomic E-state index is 11.8. The summed E-state index contributed by atoms with van der Waals surface area (Å²) in [6.45, 7) is 4.16. The van der Waals surface area contributed by atoms with Gasteiger partial charge in [-0.1, -0.05) is 0 Å². The van der Waals surface area contributed by atoms with Crippen LogP contribution in [0, 0.1) is 23.2 Å². The number of rotatable bonds is 5. The Morgan fingerprint density at radius 3 is 2.54 bits per heavy atom. The number of aliphatic hydroxyl groups is 1. The van der Waals surface area contributed by atoms with Crippen LogP contribution in [0.25, 0.3) is 0 Å². The number of β-amino-alcohol motifs (C(OH)–C–C–N with tert-alkyl or cyclic N) is 1. The largest absolute Gasteiger partial charge is 0.491 e. The number of aliphatic hydroxyl groups excluding tert-OH is 1. The highest BCUT2D eigenvalue weighted by molar-refractivity contribution is 5.73. The summed E-state index contributed by atoms with van der Waals surface area (Å²) in [5.74, 6) is 1.58. The Hall–Kier alpha value is -2.30. The van der Waals surface area contributed by atoms with E-state index in [1.54, 1.807) is 31.3 Å². The second-order valence-electron chi connectivity index (χ2n) is 7.25. The van der Waals surface area contributed by atoms with Crippen molar-refractivity contribution in [1.82, 2.24) is 15.1 Å². The minimum Gasteiger partial charge on any atom is -0.491 e. The molecular formula is C19H26N4O3. The highest BCUT2D eigenvalue weighted by atomic mass is 16.5. The Morgan fingerprint density at radius 1 is 1.31 bits per heavy atom. The molecule has 7 heteroatoms. The standard InChI is InChI=1S/C19H26N4O3/c1-21-19(25)23-10-15-6-16(11-23)9-22(8-15)12-17(24)13-26-18-4-2-14(7-20)3-5-18/h2-5,15-17,24H,6,8-13H2,1H3,(H,21,25)/t15?,16?,17-/m0/s1. The molecular weight excluding hydrogens is 332 g/mol. The molecule has 0 saturated carbocycles. The molecule has 140 valence electrons. The fourth-order valence-corrected chi connectivity index (χ4v) is 4.03. The number of carbonyl (C=O) groups excluding carboxylic acids is 1. The molecule has 1 aromatic carbocycles. The van der Waals surface area contributed by atoms with E-state index >= 15 is 0 Å². The van der Waals surface area contributed by atoms with Crippen molar-refractivity contribution in [2.24, 2.45) is 11.8 Å². The second kappa shape index (κ2) is 8.39. The van der Waals surface area contributed by atoms with Gasteiger partial charge in [-0.15, -0.1) is 0 Å². The second-order valence-corrected chi connectivity index (χ2v) is 7.25. The van der Waals surface area contributed by atoms with Gasteiger partial charge in [0.05, 0.1) is 11.6 Å². The lowest BCUT2D eigenvalue weighted by atomic mass is 9.84. The van der Waals surface area contributed by atoms with Crippen molar-refractivity contribution in [3.63, 3.8) is 0 Å². The highest BCUT2D eigenvalue weighted by Gasteiger charge is 2.36. The summed E-state index contributed by atoms with van der Waals surface area (Å²) in [5.41, 5.74) is 0.587. The molecule has 2 N–H and O–H groups in total. The van der Waals surface area contributed by atoms with Crippen LogP contribution in [-0.2, 0) is 0 Å². The van der Waals surface area contributed by atoms with Crippen molar-refractivity contribution in [2.75, 3.05) is 46.4 Å². The van der Waals surface area contributed by atoms with Crippen LogP contribution in [0.5, 0.6) is 5.75 Å². The van der Waals surface area contributed by atoms with Crippen LogP contribution in [-0.4, -0.2) is 73.4 Å². The number of amides is 2. The number of likely N-dealkylation sites (tertiary alicyclic amines) is 2. The molecule has 2 heterocycles. The molecule has 0 aliphatic carbocycles. The molecule has 2 aliphatic rings. The molecule has 2 fully saturated rings. The Bertz CT molecular complexity index is 644. The number of fused-ring (bicyclic) bond motifs is 2. The average Bonchev–Trinajstić information content (AvgIpc) is 2.65. The van der Waals surface area contributed by atoms with Gasteiger partial charge in [-0.2, -0.15) is 5.26 Å². The number of ether oxygens (including phenoxy) is 1. The Labute approximate surface area is 154 Å². The quantitative estimate of drug-likeness (QED) is 0.816. The molecule has 2 bridgehead atoms. The molecule has 1 aromatic rings. The molecule has 7 nitrogen and oxygen atoms in total. The minimum absolute atomic E-state index is 0.00370. The number of piperidine rings is 2. The van der Waals surface area contributed by atoms with E-state index in [0.29, 0.717) is 29.7 Å². The Kier molecular flexibility index (Phi) is 5.96. The van der Waals surface area contributed by atoms with E-state index in [4.69, 9.17) is 10.00 Å². The van der Waals surface area contributed by atoms with Crippen LogP contribution >= 0.6 is 0 Å². The van der Waals surface area contributed by atoms with Crippen molar-refractivity contribution >= 4 is 6.03 Å². The van der Waals surface area contributed by atoms with Gasteiger partial charge in [0, 0.05) is 39.8 Å². The van der Waals surface area contributed by atoms with E-state index in [-0.39, 0.29) is 12.6 Å². The first-order valence-corrected chi connectivity index (χ1v) is 9.07. The van der Waals surface area contributed by atoms with Crippen molar-refractivity contribution in [3.05, 3.63) is 29.8 Å². The van der Waals surface area contributed by atoms with Crippen LogP contribution in [0.3, 0.4) is 0 Å². The van der Waals surface area contributed by atoms with Crippen molar-refractivity contribution in [3.8, 4) is 11.8 Å². The van der Waals surface area contributed by atoms with Gasteiger partial charge in [-0.05, 0) is 42.5 Å². The third kappa shape index (κ3) is 4.65. The highest BCUT2D eigenvalue weighted by Crippen LogP contribution is 2.28. The first-order valence-electron chi connectivity index (χ1n) is 9.07. The lowest BCUT2D eigenvalue weighted by molar-refractivity contribution is 0.00937. The lowest BCUT2D eigenvalue weighted by Crippen LogP contribution is -2.56. The monoisotopic (exact) mass is 358 g/mol. The summed E-state index contributed by atoms with van der Waals surface area (Å²) in [6, 6.07) is 8.95. The summed E-state index contributed by atoms with van der Waals surface area (Å²) in [6.07, 6.45) is 0.585. The van der Waals surface area contributed by atoms with E-state index in [9.17, 15) is 9.90 Å². The summed E-state index contributed by atoms with van der Waals surface area (Å²) in [4.78, 5) is 16.0. The third-order valence-electron chi connectivity index (χ3n) is 5.05. The van der Waals surface area contributed by atoms with Gasteiger partial charge < -0.3 is 20.1 Å². The lowest BCUT2D eigenvalue weighted by Gasteiger charge is -2.46. The minimum atomic E-state index is -0.570. The molecule has 2 unspecified atom stereocenters. The van der Waals surface area contributed by atoms with E-state index in [2.05, 4.69) is 16.3 Å². The summed E-state index contributed by atoms with van der Waals surface area (Å²) < 4.78 is 5.62. The first kappa shape index (κ1) is 18.5. The smallest absolute Gasteiger partial charge is 0.317 e. The number of hydrogen-bond donors (Lipinski definition) is 2. The van der Waals surface area contributed by atoms with Crippen molar-refractivity contribution in [1.29, 1.82) is 5.26 Å². The molecule has 26 heavy (non-hydrogen) atoms. The summed E-state index contributed by atoms with van der Waals surface area (Å²) in [7, 11) is 1.67. The molecule has 3 rings (SSSR count). The van der Waals surface area contributed by atoms with Gasteiger partial charge in [0.25, 0.3) is 0 Å². The molecule has 2 saturated heterocycles. The van der Waals surface area contributed by atoms with Crippen LogP contribution in [0.1, 0.15) is 12.0 Å². The van der Waals surface area contributed by atoms with Crippen molar-refractivity contribution in [2.45, 2.75) is 12.5 Å². The van der Waals surface area contributed by atoms with Gasteiger partial charge in [-0.25, -0.2) is 4.79 Å². The topological polar surface area (TPSA) is 88.8 Å². The SMILES string of the molecule is CNC(=O)N1CC2CC(CN(C[C@H](O)COc3ccc(C#N)cc3)C2)C1. The summed E-state index contributed by atoms with van der Waals surface area (Å²) in [5, 5.41) is 21.8. The molecule has 3 atom stereocenters. The maximum atomic E-state index is 11.8. The number of hydrogen-bond acceptors (Lipinski definition) is 5. The zero-order chi connectivity index (χ0) is 18.5. The van der Waals surface area contributed by atoms with Crippen LogP contribution < -0.4 is 10.1 Å². The number of nitriles is 1. The van der Waals surface area contributed by atoms with Crippen LogP contribution in [0.2, 0.25) is 0 Å². The van der Waals surface area contributed by atoms with Gasteiger partial charge >= 0.3 is 6.03 Å². The van der Waals surface area contributed by atoms with E-state index in [1.807, 2.05) is 4.90 Å². The molecule has 2 amide bonds. The fraction of sp³-hybridized carbons (Fsp3) is 0.579. The normalized spacial score (nSPS) is 23.8. The van der Waals surface area contributed by atoms with E-state index in [0.717, 1.165) is 32.6 Å². The summed E-state index contributed by atoms with van der Waals surface area (Å²) >= 11 is 0. The number of benzene rings is 1. The van der Waals surface area contributed by atoms with Gasteiger partial charge in [-0.3, -0.25) is 4.90 Å². The van der Waals surface area contributed by atoms with Gasteiger partial charge in [0.1, 0.15) is 18.5 Å². The van der Waals surface area contributed by atoms with Crippen molar-refractivity contribution < 1.29 is 14.6 Å². The molecule has 0 spiro atoms. The zero-order valence-electron chi connectivity index (χ0n) is 15.1. The number of nitrogens with one attached hydrogen (secondary N) is 1. The predicted molar refractivity (Wildman–Crippen MR) is 96.7 cm³/mol. The fourth-order valence-electron chi connectivity index (χ4n) is 4.03. The predicted octanol–water partition coefficient (Wildman–Crippen LogP) is 0.891.